The number of aromatic nitrogens is 1. The van der Waals surface area contributed by atoms with Crippen molar-refractivity contribution in [3.8, 4) is 27.9 Å². The molecule has 66 heavy (non-hydrogen) atoms. The topological polar surface area (TPSA) is 42.8 Å². The van der Waals surface area contributed by atoms with Crippen LogP contribution in [0.4, 0.5) is 0 Å². The Labute approximate surface area is 386 Å². The van der Waals surface area contributed by atoms with Crippen LogP contribution in [-0.2, 0) is 11.8 Å². The molecule has 0 bridgehead atoms. The highest BCUT2D eigenvalue weighted by molar-refractivity contribution is 6.15. The fraction of sp³-hybridized carbons (Fsp3) is 0.129. The monoisotopic (exact) mass is 851 g/mol. The highest BCUT2D eigenvalue weighted by Gasteiger charge is 2.39. The van der Waals surface area contributed by atoms with Crippen molar-refractivity contribution in [2.24, 2.45) is 9.98 Å². The van der Waals surface area contributed by atoms with Crippen LogP contribution < -0.4 is 0 Å². The van der Waals surface area contributed by atoms with Crippen molar-refractivity contribution < 1.29 is 4.42 Å². The van der Waals surface area contributed by atoms with Gasteiger partial charge in [0.25, 0.3) is 0 Å². The van der Waals surface area contributed by atoms with Gasteiger partial charge in [-0.3, -0.25) is 0 Å². The molecule has 12 rings (SSSR count). The molecule has 318 valence electrons. The van der Waals surface area contributed by atoms with E-state index in [1.807, 2.05) is 30.3 Å². The Morgan fingerprint density at radius 2 is 1.29 bits per heavy atom. The van der Waals surface area contributed by atoms with Crippen LogP contribution in [0.15, 0.2) is 203 Å². The minimum atomic E-state index is -0.0420. The fourth-order valence-corrected chi connectivity index (χ4v) is 10.9. The smallest absolute Gasteiger partial charge is 0.160 e. The summed E-state index contributed by atoms with van der Waals surface area (Å²) in [5.41, 5.74) is 21.4. The zero-order chi connectivity index (χ0) is 44.5. The molecule has 0 amide bonds. The molecule has 0 aliphatic heterocycles. The van der Waals surface area contributed by atoms with Crippen molar-refractivity contribution >= 4 is 61.7 Å². The van der Waals surface area contributed by atoms with Crippen molar-refractivity contribution in [2.75, 3.05) is 0 Å². The first-order valence-electron chi connectivity index (χ1n) is 23.2. The van der Waals surface area contributed by atoms with E-state index in [2.05, 4.69) is 184 Å². The first kappa shape index (κ1) is 39.7. The van der Waals surface area contributed by atoms with Crippen LogP contribution in [0.25, 0.3) is 78.1 Å². The van der Waals surface area contributed by atoms with Crippen LogP contribution in [0.1, 0.15) is 79.1 Å². The number of hydrogen-bond donors (Lipinski definition) is 0. The maximum absolute atomic E-state index is 6.80. The summed E-state index contributed by atoms with van der Waals surface area (Å²) in [7, 11) is 0. The van der Waals surface area contributed by atoms with E-state index in [0.29, 0.717) is 11.5 Å². The SMILES string of the molecule is C=C(/N=C(\N=C(/C)c1cccc(-c2cccc3c2C(C)(C)C2=C3C=CCC2)c1)c1ccc2c(c1)oc1cc(-n3c4c(c5ccc(-c6ccccc6)cc53)CCC=C4)ccc12)c1ccccc1. The first-order chi connectivity index (χ1) is 32.3. The van der Waals surface area contributed by atoms with Crippen molar-refractivity contribution in [1.29, 1.82) is 0 Å². The Morgan fingerprint density at radius 3 is 2.14 bits per heavy atom. The lowest BCUT2D eigenvalue weighted by Gasteiger charge is -2.28. The number of rotatable bonds is 7. The molecule has 4 nitrogen and oxygen atoms in total. The lowest BCUT2D eigenvalue weighted by molar-refractivity contribution is 0.609. The molecule has 0 radical (unpaired) electrons. The van der Waals surface area contributed by atoms with Crippen molar-refractivity contribution in [1.82, 2.24) is 4.57 Å². The van der Waals surface area contributed by atoms with Crippen LogP contribution in [-0.4, -0.2) is 16.1 Å². The lowest BCUT2D eigenvalue weighted by atomic mass is 9.76. The molecule has 2 heterocycles. The minimum absolute atomic E-state index is 0.0420. The summed E-state index contributed by atoms with van der Waals surface area (Å²) in [5, 5.41) is 3.42. The number of aryl methyl sites for hydroxylation is 1. The van der Waals surface area contributed by atoms with E-state index in [9.17, 15) is 0 Å². The van der Waals surface area contributed by atoms with E-state index in [1.165, 1.54) is 61.1 Å². The van der Waals surface area contributed by atoms with Crippen molar-refractivity contribution in [3.05, 3.63) is 227 Å². The van der Waals surface area contributed by atoms with Gasteiger partial charge in [0.1, 0.15) is 11.2 Å². The summed E-state index contributed by atoms with van der Waals surface area (Å²) >= 11 is 0. The molecule has 0 saturated heterocycles. The Hall–Kier alpha value is -7.82. The Kier molecular flexibility index (Phi) is 9.46. The number of furan rings is 1. The minimum Gasteiger partial charge on any atom is -0.456 e. The summed E-state index contributed by atoms with van der Waals surface area (Å²) in [6, 6.07) is 56.2. The van der Waals surface area contributed by atoms with Gasteiger partial charge in [0.15, 0.2) is 5.84 Å². The summed E-state index contributed by atoms with van der Waals surface area (Å²) in [4.78, 5) is 10.5. The van der Waals surface area contributed by atoms with Gasteiger partial charge in [-0.1, -0.05) is 159 Å². The van der Waals surface area contributed by atoms with E-state index in [4.69, 9.17) is 14.4 Å². The predicted molar refractivity (Wildman–Crippen MR) is 278 cm³/mol. The van der Waals surface area contributed by atoms with Gasteiger partial charge in [0, 0.05) is 50.3 Å². The molecule has 0 atom stereocenters. The third kappa shape index (κ3) is 6.58. The summed E-state index contributed by atoms with van der Waals surface area (Å²) < 4.78 is 9.21. The van der Waals surface area contributed by atoms with E-state index < -0.39 is 0 Å². The third-order valence-electron chi connectivity index (χ3n) is 14.1. The van der Waals surface area contributed by atoms with Crippen LogP contribution in [0.5, 0.6) is 0 Å². The fourth-order valence-electron chi connectivity index (χ4n) is 10.9. The van der Waals surface area contributed by atoms with E-state index in [-0.39, 0.29) is 5.41 Å². The van der Waals surface area contributed by atoms with E-state index >= 15 is 0 Å². The molecule has 0 saturated carbocycles. The molecular formula is C62H49N3O. The second kappa shape index (κ2) is 15.7. The summed E-state index contributed by atoms with van der Waals surface area (Å²) in [5.74, 6) is 0.576. The maximum atomic E-state index is 6.80. The Morgan fingerprint density at radius 1 is 0.591 bits per heavy atom. The standard InChI is InChI=1S/C62H49N3O/c1-39(41-17-7-5-8-18-41)63-61(64-40(2)43-21-15-22-45(35-43)48-25-16-26-54-49-23-11-13-27-55(49)62(3,4)60(48)54)46-30-33-52-53-34-31-47(38-59(53)66-58(52)37-46)65-56-28-14-12-24-50(56)51-32-29-44(36-57(51)65)42-19-9-6-10-20-42/h5-11,14-23,25-26,28-38H,1,12-13,24,27H2,2-4H3/b63-61-,64-40+. The molecule has 3 aliphatic carbocycles. The van der Waals surface area contributed by atoms with Gasteiger partial charge in [-0.15, -0.1) is 0 Å². The number of allylic oxidation sites excluding steroid dienone is 5. The molecule has 0 N–H and O–H groups in total. The van der Waals surface area contributed by atoms with E-state index in [1.54, 1.807) is 5.57 Å². The summed E-state index contributed by atoms with van der Waals surface area (Å²) in [6.45, 7) is 11.3. The maximum Gasteiger partial charge on any atom is 0.160 e. The van der Waals surface area contributed by atoms with Gasteiger partial charge in [0.05, 0.1) is 11.2 Å². The normalized spacial score (nSPS) is 15.4. The van der Waals surface area contributed by atoms with Gasteiger partial charge in [-0.25, -0.2) is 9.98 Å². The van der Waals surface area contributed by atoms with Crippen LogP contribution >= 0.6 is 0 Å². The number of fused-ring (bicyclic) bond motifs is 8. The van der Waals surface area contributed by atoms with Crippen LogP contribution in [0, 0.1) is 0 Å². The third-order valence-corrected chi connectivity index (χ3v) is 14.1. The van der Waals surface area contributed by atoms with Gasteiger partial charge in [0.2, 0.25) is 0 Å². The van der Waals surface area contributed by atoms with Gasteiger partial charge in [-0.2, -0.15) is 0 Å². The van der Waals surface area contributed by atoms with Crippen LogP contribution in [0.2, 0.25) is 0 Å². The second-order valence-corrected chi connectivity index (χ2v) is 18.4. The molecule has 0 unspecified atom stereocenters. The average Bonchev–Trinajstić information content (AvgIpc) is 3.98. The van der Waals surface area contributed by atoms with Crippen LogP contribution in [0.3, 0.4) is 0 Å². The molecular weight excluding hydrogens is 803 g/mol. The molecule has 0 spiro atoms. The van der Waals surface area contributed by atoms with Gasteiger partial charge >= 0.3 is 0 Å². The number of benzene rings is 7. The average molecular weight is 852 g/mol. The van der Waals surface area contributed by atoms with Gasteiger partial charge < -0.3 is 8.98 Å². The quantitative estimate of drug-likeness (QED) is 0.116. The number of aliphatic imine (C=N–C) groups is 2. The number of hydrogen-bond acceptors (Lipinski definition) is 2. The lowest BCUT2D eigenvalue weighted by Crippen LogP contribution is -2.19. The first-order valence-corrected chi connectivity index (χ1v) is 23.2. The Bertz CT molecular complexity index is 3620. The molecule has 4 heteroatoms. The highest BCUT2D eigenvalue weighted by atomic mass is 16.3. The van der Waals surface area contributed by atoms with Crippen molar-refractivity contribution in [2.45, 2.75) is 51.9 Å². The highest BCUT2D eigenvalue weighted by Crippen LogP contribution is 2.53. The molecule has 9 aromatic rings. The van der Waals surface area contributed by atoms with Gasteiger partial charge in [-0.05, 0) is 131 Å². The zero-order valence-corrected chi connectivity index (χ0v) is 37.6. The number of nitrogens with zero attached hydrogens (tertiary/aromatic N) is 3. The second-order valence-electron chi connectivity index (χ2n) is 18.4. The predicted octanol–water partition coefficient (Wildman–Crippen LogP) is 16.1. The Balaban J connectivity index is 0.941. The van der Waals surface area contributed by atoms with E-state index in [0.717, 1.165) is 75.7 Å². The molecule has 3 aliphatic rings. The molecule has 0 fully saturated rings. The number of amidine groups is 1. The van der Waals surface area contributed by atoms with Crippen molar-refractivity contribution in [3.63, 3.8) is 0 Å². The summed E-state index contributed by atoms with van der Waals surface area (Å²) in [6.07, 6.45) is 13.5. The largest absolute Gasteiger partial charge is 0.456 e. The zero-order valence-electron chi connectivity index (χ0n) is 37.6. The molecule has 2 aromatic heterocycles. The molecule has 7 aromatic carbocycles.